The number of hydrogen-bond donors (Lipinski definition) is 2. The van der Waals surface area contributed by atoms with Crippen LogP contribution >= 0.6 is 0 Å². The molecule has 0 saturated carbocycles. The van der Waals surface area contributed by atoms with Crippen LogP contribution in [0.5, 0.6) is 0 Å². The molecular weight excluding hydrogens is 206 g/mol. The third-order valence-corrected chi connectivity index (χ3v) is 3.20. The standard InChI is InChI=1S/C11H21N3O2/c1-7(2)9(10(12)13-16)11(15)14-6-4-5-8(14)3/h7-9,16H,4-6H2,1-3H3,(H2,12,13). The first-order valence-corrected chi connectivity index (χ1v) is 5.77. The Hall–Kier alpha value is -1.26. The average molecular weight is 227 g/mol. The molecule has 16 heavy (non-hydrogen) atoms. The first kappa shape index (κ1) is 12.8. The minimum atomic E-state index is -0.509. The van der Waals surface area contributed by atoms with Crippen molar-refractivity contribution in [2.24, 2.45) is 22.7 Å². The maximum Gasteiger partial charge on any atom is 0.233 e. The van der Waals surface area contributed by atoms with Gasteiger partial charge in [0.05, 0.1) is 0 Å². The van der Waals surface area contributed by atoms with Crippen LogP contribution in [0.3, 0.4) is 0 Å². The average Bonchev–Trinajstić information content (AvgIpc) is 2.63. The maximum absolute atomic E-state index is 12.3. The van der Waals surface area contributed by atoms with E-state index >= 15 is 0 Å². The lowest BCUT2D eigenvalue weighted by molar-refractivity contribution is -0.135. The fourth-order valence-corrected chi connectivity index (χ4v) is 2.25. The Morgan fingerprint density at radius 1 is 1.56 bits per heavy atom. The first-order chi connectivity index (χ1) is 7.49. The molecule has 1 fully saturated rings. The van der Waals surface area contributed by atoms with Crippen LogP contribution in [0, 0.1) is 11.8 Å². The monoisotopic (exact) mass is 227 g/mol. The Balaban J connectivity index is 2.83. The molecule has 0 bridgehead atoms. The molecule has 0 aromatic rings. The SMILES string of the molecule is CC(C)C(C(=O)N1CCCC1C)C(N)=NO. The Morgan fingerprint density at radius 2 is 2.19 bits per heavy atom. The molecule has 0 aromatic carbocycles. The molecule has 0 radical (unpaired) electrons. The lowest BCUT2D eigenvalue weighted by Crippen LogP contribution is -2.45. The van der Waals surface area contributed by atoms with E-state index in [1.807, 2.05) is 25.7 Å². The molecule has 1 saturated heterocycles. The van der Waals surface area contributed by atoms with Crippen molar-refractivity contribution in [3.05, 3.63) is 0 Å². The molecule has 92 valence electrons. The van der Waals surface area contributed by atoms with Crippen LogP contribution in [0.1, 0.15) is 33.6 Å². The summed E-state index contributed by atoms with van der Waals surface area (Å²) in [6.07, 6.45) is 2.07. The molecule has 1 amide bonds. The number of amidine groups is 1. The van der Waals surface area contributed by atoms with Gasteiger partial charge in [-0.05, 0) is 25.7 Å². The van der Waals surface area contributed by atoms with Gasteiger partial charge in [0.2, 0.25) is 5.91 Å². The van der Waals surface area contributed by atoms with E-state index in [1.165, 1.54) is 0 Å². The number of amides is 1. The molecule has 3 N–H and O–H groups in total. The van der Waals surface area contributed by atoms with Crippen LogP contribution in [-0.4, -0.2) is 34.4 Å². The molecule has 0 aromatic heterocycles. The quantitative estimate of drug-likeness (QED) is 0.327. The summed E-state index contributed by atoms with van der Waals surface area (Å²) in [7, 11) is 0. The minimum Gasteiger partial charge on any atom is -0.409 e. The summed E-state index contributed by atoms with van der Waals surface area (Å²) in [5.74, 6) is -0.476. The van der Waals surface area contributed by atoms with E-state index in [0.29, 0.717) is 0 Å². The lowest BCUT2D eigenvalue weighted by Gasteiger charge is -2.28. The molecule has 1 aliphatic heterocycles. The highest BCUT2D eigenvalue weighted by Crippen LogP contribution is 2.22. The van der Waals surface area contributed by atoms with Gasteiger partial charge in [-0.1, -0.05) is 19.0 Å². The molecule has 5 nitrogen and oxygen atoms in total. The molecule has 1 heterocycles. The van der Waals surface area contributed by atoms with Gasteiger partial charge in [0.15, 0.2) is 5.84 Å². The van der Waals surface area contributed by atoms with E-state index in [-0.39, 0.29) is 23.7 Å². The van der Waals surface area contributed by atoms with Crippen LogP contribution in [0.4, 0.5) is 0 Å². The minimum absolute atomic E-state index is 0.0131. The zero-order valence-corrected chi connectivity index (χ0v) is 10.2. The second kappa shape index (κ2) is 5.18. The summed E-state index contributed by atoms with van der Waals surface area (Å²) < 4.78 is 0. The van der Waals surface area contributed by atoms with E-state index in [0.717, 1.165) is 19.4 Å². The highest BCUT2D eigenvalue weighted by Gasteiger charge is 2.34. The van der Waals surface area contributed by atoms with Crippen molar-refractivity contribution >= 4 is 11.7 Å². The molecule has 0 spiro atoms. The highest BCUT2D eigenvalue weighted by atomic mass is 16.4. The number of nitrogens with zero attached hydrogens (tertiary/aromatic N) is 2. The molecular formula is C11H21N3O2. The summed E-state index contributed by atoms with van der Waals surface area (Å²) in [6, 6.07) is 0.264. The molecule has 0 aliphatic carbocycles. The van der Waals surface area contributed by atoms with Crippen LogP contribution < -0.4 is 5.73 Å². The zero-order valence-electron chi connectivity index (χ0n) is 10.2. The van der Waals surface area contributed by atoms with Crippen molar-refractivity contribution in [3.63, 3.8) is 0 Å². The molecule has 1 rings (SSSR count). The molecule has 1 aliphatic rings. The summed E-state index contributed by atoms with van der Waals surface area (Å²) in [5.41, 5.74) is 5.58. The molecule has 2 atom stereocenters. The number of hydrogen-bond acceptors (Lipinski definition) is 3. The van der Waals surface area contributed by atoms with E-state index in [4.69, 9.17) is 10.9 Å². The molecule has 5 heteroatoms. The van der Waals surface area contributed by atoms with E-state index in [2.05, 4.69) is 5.16 Å². The van der Waals surface area contributed by atoms with Crippen molar-refractivity contribution in [2.75, 3.05) is 6.54 Å². The lowest BCUT2D eigenvalue weighted by atomic mass is 9.93. The van der Waals surface area contributed by atoms with Gasteiger partial charge in [-0.15, -0.1) is 0 Å². The Labute approximate surface area is 96.3 Å². The number of rotatable bonds is 3. The van der Waals surface area contributed by atoms with Gasteiger partial charge in [0.25, 0.3) is 0 Å². The van der Waals surface area contributed by atoms with Gasteiger partial charge in [-0.3, -0.25) is 4.79 Å². The summed E-state index contributed by atoms with van der Waals surface area (Å²) >= 11 is 0. The van der Waals surface area contributed by atoms with Gasteiger partial charge >= 0.3 is 0 Å². The fourth-order valence-electron chi connectivity index (χ4n) is 2.25. The number of carbonyl (C=O) groups is 1. The van der Waals surface area contributed by atoms with Gasteiger partial charge in [0.1, 0.15) is 5.92 Å². The summed E-state index contributed by atoms with van der Waals surface area (Å²) in [4.78, 5) is 14.1. The third kappa shape index (κ3) is 2.46. The van der Waals surface area contributed by atoms with Gasteiger partial charge < -0.3 is 15.8 Å². The predicted octanol–water partition coefficient (Wildman–Crippen LogP) is 1.02. The van der Waals surface area contributed by atoms with E-state index < -0.39 is 5.92 Å². The smallest absolute Gasteiger partial charge is 0.233 e. The topological polar surface area (TPSA) is 78.9 Å². The fraction of sp³-hybridized carbons (Fsp3) is 0.818. The zero-order chi connectivity index (χ0) is 12.3. The van der Waals surface area contributed by atoms with Gasteiger partial charge in [-0.25, -0.2) is 0 Å². The number of carbonyl (C=O) groups excluding carboxylic acids is 1. The van der Waals surface area contributed by atoms with Crippen LogP contribution in [0.25, 0.3) is 0 Å². The largest absolute Gasteiger partial charge is 0.409 e. The molecule has 2 unspecified atom stereocenters. The highest BCUT2D eigenvalue weighted by molar-refractivity contribution is 6.02. The van der Waals surface area contributed by atoms with Crippen LogP contribution in [0.2, 0.25) is 0 Å². The normalized spacial score (nSPS) is 23.9. The van der Waals surface area contributed by atoms with Crippen molar-refractivity contribution in [1.82, 2.24) is 4.90 Å². The van der Waals surface area contributed by atoms with Crippen LogP contribution in [-0.2, 0) is 4.79 Å². The van der Waals surface area contributed by atoms with Crippen LogP contribution in [0.15, 0.2) is 5.16 Å². The second-order valence-corrected chi connectivity index (χ2v) is 4.77. The predicted molar refractivity (Wildman–Crippen MR) is 62.1 cm³/mol. The first-order valence-electron chi connectivity index (χ1n) is 5.77. The van der Waals surface area contributed by atoms with Crippen molar-refractivity contribution in [2.45, 2.75) is 39.7 Å². The third-order valence-electron chi connectivity index (χ3n) is 3.20. The Bertz CT molecular complexity index is 289. The van der Waals surface area contributed by atoms with Crippen molar-refractivity contribution in [3.8, 4) is 0 Å². The Morgan fingerprint density at radius 3 is 2.56 bits per heavy atom. The Kier molecular flexibility index (Phi) is 4.15. The maximum atomic E-state index is 12.3. The summed E-state index contributed by atoms with van der Waals surface area (Å²) in [6.45, 7) is 6.62. The summed E-state index contributed by atoms with van der Waals surface area (Å²) in [5, 5.41) is 11.7. The number of oxime groups is 1. The van der Waals surface area contributed by atoms with Crippen molar-refractivity contribution in [1.29, 1.82) is 0 Å². The number of likely N-dealkylation sites (tertiary alicyclic amines) is 1. The van der Waals surface area contributed by atoms with E-state index in [9.17, 15) is 4.79 Å². The van der Waals surface area contributed by atoms with Gasteiger partial charge in [-0.2, -0.15) is 0 Å². The van der Waals surface area contributed by atoms with Crippen molar-refractivity contribution < 1.29 is 10.0 Å². The second-order valence-electron chi connectivity index (χ2n) is 4.77. The van der Waals surface area contributed by atoms with E-state index in [1.54, 1.807) is 0 Å². The number of nitrogens with two attached hydrogens (primary N) is 1. The van der Waals surface area contributed by atoms with Gasteiger partial charge in [0, 0.05) is 12.6 Å².